The van der Waals surface area contributed by atoms with Crippen LogP contribution in [0.4, 0.5) is 0 Å². The molecule has 0 saturated carbocycles. The molecule has 1 aromatic carbocycles. The minimum atomic E-state index is -0.829. The van der Waals surface area contributed by atoms with E-state index in [0.29, 0.717) is 44.2 Å². The first-order chi connectivity index (χ1) is 12.6. The molecule has 1 saturated heterocycles. The van der Waals surface area contributed by atoms with Crippen LogP contribution in [0.5, 0.6) is 5.75 Å². The van der Waals surface area contributed by atoms with Gasteiger partial charge in [0.1, 0.15) is 5.75 Å². The number of hydrogen-bond acceptors (Lipinski definition) is 6. The molecule has 1 aromatic rings. The number of carbonyl (C=O) groups excluding carboxylic acids is 3. The molecule has 9 heteroatoms. The van der Waals surface area contributed by atoms with Gasteiger partial charge >= 0.3 is 11.8 Å². The predicted octanol–water partition coefficient (Wildman–Crippen LogP) is -0.490. The largest absolute Gasteiger partial charge is 0.484 e. The van der Waals surface area contributed by atoms with E-state index in [4.69, 9.17) is 9.47 Å². The van der Waals surface area contributed by atoms with Crippen LogP contribution in [0, 0.1) is 0 Å². The summed E-state index contributed by atoms with van der Waals surface area (Å²) in [6.45, 7) is 4.32. The summed E-state index contributed by atoms with van der Waals surface area (Å²) in [5, 5.41) is 6.08. The zero-order chi connectivity index (χ0) is 18.8. The average Bonchev–Trinajstić information content (AvgIpc) is 2.68. The average molecular weight is 362 g/mol. The Morgan fingerprint density at radius 3 is 2.54 bits per heavy atom. The zero-order valence-corrected chi connectivity index (χ0v) is 14.6. The molecule has 0 aliphatic carbocycles. The van der Waals surface area contributed by atoms with Crippen LogP contribution in [0.2, 0.25) is 0 Å². The summed E-state index contributed by atoms with van der Waals surface area (Å²) in [7, 11) is 0. The highest BCUT2D eigenvalue weighted by Crippen LogP contribution is 2.11. The Labute approximate surface area is 151 Å². The number of hydrazone groups is 1. The van der Waals surface area contributed by atoms with Gasteiger partial charge in [0, 0.05) is 19.6 Å². The van der Waals surface area contributed by atoms with E-state index in [-0.39, 0.29) is 12.5 Å². The second kappa shape index (κ2) is 10.1. The van der Waals surface area contributed by atoms with Gasteiger partial charge in [0.05, 0.1) is 19.4 Å². The van der Waals surface area contributed by atoms with Crippen molar-refractivity contribution in [2.45, 2.75) is 6.92 Å². The lowest BCUT2D eigenvalue weighted by molar-refractivity contribution is -0.139. The number of carbonyl (C=O) groups is 3. The molecule has 26 heavy (non-hydrogen) atoms. The third-order valence-electron chi connectivity index (χ3n) is 3.53. The van der Waals surface area contributed by atoms with Gasteiger partial charge in [-0.25, -0.2) is 5.43 Å². The third kappa shape index (κ3) is 6.17. The summed E-state index contributed by atoms with van der Waals surface area (Å²) >= 11 is 0. The summed E-state index contributed by atoms with van der Waals surface area (Å²) in [5.74, 6) is -1.09. The van der Waals surface area contributed by atoms with E-state index in [0.717, 1.165) is 0 Å². The molecule has 1 fully saturated rings. The zero-order valence-electron chi connectivity index (χ0n) is 14.6. The lowest BCUT2D eigenvalue weighted by atomic mass is 10.2. The van der Waals surface area contributed by atoms with E-state index in [1.165, 1.54) is 6.21 Å². The fourth-order valence-electron chi connectivity index (χ4n) is 2.16. The van der Waals surface area contributed by atoms with Gasteiger partial charge in [0.2, 0.25) is 0 Å². The van der Waals surface area contributed by atoms with Gasteiger partial charge in [-0.1, -0.05) is 0 Å². The van der Waals surface area contributed by atoms with Gasteiger partial charge in [-0.3, -0.25) is 14.4 Å². The van der Waals surface area contributed by atoms with Crippen LogP contribution in [0.3, 0.4) is 0 Å². The van der Waals surface area contributed by atoms with Gasteiger partial charge in [0.25, 0.3) is 5.91 Å². The minimum absolute atomic E-state index is 0.0317. The molecule has 9 nitrogen and oxygen atoms in total. The molecule has 0 bridgehead atoms. The molecule has 0 spiro atoms. The Hall–Kier alpha value is -2.94. The fraction of sp³-hybridized carbons (Fsp3) is 0.412. The molecule has 0 aromatic heterocycles. The van der Waals surface area contributed by atoms with Crippen LogP contribution >= 0.6 is 0 Å². The number of nitrogens with one attached hydrogen (secondary N) is 2. The highest BCUT2D eigenvalue weighted by Gasteiger charge is 2.17. The van der Waals surface area contributed by atoms with Gasteiger partial charge in [-0.05, 0) is 36.8 Å². The Kier molecular flexibility index (Phi) is 7.56. The van der Waals surface area contributed by atoms with Crippen LogP contribution in [0.15, 0.2) is 29.4 Å². The normalized spacial score (nSPS) is 14.1. The van der Waals surface area contributed by atoms with Crippen molar-refractivity contribution in [2.24, 2.45) is 5.10 Å². The number of benzene rings is 1. The van der Waals surface area contributed by atoms with E-state index in [1.807, 2.05) is 0 Å². The second-order valence-corrected chi connectivity index (χ2v) is 5.41. The van der Waals surface area contributed by atoms with Crippen molar-refractivity contribution in [2.75, 3.05) is 39.5 Å². The smallest absolute Gasteiger partial charge is 0.329 e. The first-order valence-electron chi connectivity index (χ1n) is 8.29. The maximum atomic E-state index is 12.0. The van der Waals surface area contributed by atoms with Crippen molar-refractivity contribution in [1.29, 1.82) is 0 Å². The van der Waals surface area contributed by atoms with Gasteiger partial charge in [0.15, 0.2) is 6.61 Å². The third-order valence-corrected chi connectivity index (χ3v) is 3.53. The topological polar surface area (TPSA) is 109 Å². The number of rotatable bonds is 6. The van der Waals surface area contributed by atoms with E-state index >= 15 is 0 Å². The van der Waals surface area contributed by atoms with Crippen molar-refractivity contribution in [3.05, 3.63) is 29.8 Å². The molecular formula is C17H22N4O5. The van der Waals surface area contributed by atoms with Gasteiger partial charge < -0.3 is 19.7 Å². The molecular weight excluding hydrogens is 340 g/mol. The number of likely N-dealkylation sites (N-methyl/N-ethyl adjacent to an activating group) is 1. The van der Waals surface area contributed by atoms with E-state index in [9.17, 15) is 14.4 Å². The lowest BCUT2D eigenvalue weighted by Crippen LogP contribution is -2.42. The van der Waals surface area contributed by atoms with Gasteiger partial charge in [-0.2, -0.15) is 5.10 Å². The number of nitrogens with zero attached hydrogens (tertiary/aromatic N) is 2. The Bertz CT molecular complexity index is 654. The summed E-state index contributed by atoms with van der Waals surface area (Å²) in [6, 6.07) is 6.83. The van der Waals surface area contributed by atoms with E-state index in [2.05, 4.69) is 15.8 Å². The van der Waals surface area contributed by atoms with Crippen LogP contribution in [-0.4, -0.2) is 68.3 Å². The SMILES string of the molecule is CCNC(=O)C(=O)N/N=C\c1ccc(OCC(=O)N2CCOCC2)cc1. The van der Waals surface area contributed by atoms with Crippen molar-refractivity contribution in [3.63, 3.8) is 0 Å². The van der Waals surface area contributed by atoms with Crippen molar-refractivity contribution >= 4 is 23.9 Å². The summed E-state index contributed by atoms with van der Waals surface area (Å²) in [4.78, 5) is 36.3. The number of hydrogen-bond donors (Lipinski definition) is 2. The summed E-state index contributed by atoms with van der Waals surface area (Å²) in [6.07, 6.45) is 1.40. The number of amides is 3. The first kappa shape index (κ1) is 19.4. The number of morpholine rings is 1. The molecule has 3 amide bonds. The predicted molar refractivity (Wildman–Crippen MR) is 93.8 cm³/mol. The molecule has 140 valence electrons. The van der Waals surface area contributed by atoms with Crippen molar-refractivity contribution in [3.8, 4) is 5.75 Å². The standard InChI is InChI=1S/C17H22N4O5/c1-2-18-16(23)17(24)20-19-11-13-3-5-14(6-4-13)26-12-15(22)21-7-9-25-10-8-21/h3-6,11H,2,7-10,12H2,1H3,(H,18,23)(H,20,24)/b19-11-. The molecule has 0 radical (unpaired) electrons. The van der Waals surface area contributed by atoms with Crippen LogP contribution < -0.4 is 15.5 Å². The van der Waals surface area contributed by atoms with Crippen LogP contribution in [-0.2, 0) is 19.1 Å². The lowest BCUT2D eigenvalue weighted by Gasteiger charge is -2.26. The van der Waals surface area contributed by atoms with Crippen LogP contribution in [0.25, 0.3) is 0 Å². The molecule has 1 aliphatic heterocycles. The highest BCUT2D eigenvalue weighted by atomic mass is 16.5. The van der Waals surface area contributed by atoms with E-state index in [1.54, 1.807) is 36.1 Å². The first-order valence-corrected chi connectivity index (χ1v) is 8.29. The highest BCUT2D eigenvalue weighted by molar-refractivity contribution is 6.35. The van der Waals surface area contributed by atoms with Crippen LogP contribution in [0.1, 0.15) is 12.5 Å². The molecule has 2 rings (SSSR count). The minimum Gasteiger partial charge on any atom is -0.484 e. The molecule has 2 N–H and O–H groups in total. The second-order valence-electron chi connectivity index (χ2n) is 5.41. The Morgan fingerprint density at radius 2 is 1.88 bits per heavy atom. The summed E-state index contributed by atoms with van der Waals surface area (Å²) < 4.78 is 10.7. The van der Waals surface area contributed by atoms with Crippen molar-refractivity contribution in [1.82, 2.24) is 15.6 Å². The molecule has 1 heterocycles. The fourth-order valence-corrected chi connectivity index (χ4v) is 2.16. The Balaban J connectivity index is 1.76. The Morgan fingerprint density at radius 1 is 1.19 bits per heavy atom. The molecule has 1 aliphatic rings. The molecule has 0 atom stereocenters. The van der Waals surface area contributed by atoms with E-state index < -0.39 is 11.8 Å². The van der Waals surface area contributed by atoms with Gasteiger partial charge in [-0.15, -0.1) is 0 Å². The maximum Gasteiger partial charge on any atom is 0.329 e. The van der Waals surface area contributed by atoms with Crippen molar-refractivity contribution < 1.29 is 23.9 Å². The number of ether oxygens (including phenoxy) is 2. The quantitative estimate of drug-likeness (QED) is 0.403. The maximum absolute atomic E-state index is 12.0. The molecule has 0 unspecified atom stereocenters. The monoisotopic (exact) mass is 362 g/mol. The summed E-state index contributed by atoms with van der Waals surface area (Å²) in [5.41, 5.74) is 2.84.